The fraction of sp³-hybridized carbons (Fsp3) is 0.917. The van der Waals surface area contributed by atoms with Crippen molar-refractivity contribution in [1.29, 1.82) is 0 Å². The highest BCUT2D eigenvalue weighted by Gasteiger charge is 2.20. The minimum atomic E-state index is -0.678. The molecular weight excluding hydrogens is 671 g/mol. The van der Waals surface area contributed by atoms with Crippen LogP contribution >= 0.6 is 0 Å². The number of hydrogen-bond donors (Lipinski definition) is 3. The molecule has 0 heterocycles. The Morgan fingerprint density at radius 3 is 1.31 bits per heavy atom. The first-order valence-corrected chi connectivity index (χ1v) is 23.9. The Morgan fingerprint density at radius 2 is 0.870 bits per heavy atom. The molecule has 0 rings (SSSR count). The van der Waals surface area contributed by atoms with Gasteiger partial charge in [0.15, 0.2) is 0 Å². The number of hydrogen-bond acceptors (Lipinski definition) is 5. The summed E-state index contributed by atoms with van der Waals surface area (Å²) in [5.74, 6) is -0.0836. The maximum absolute atomic E-state index is 12.4. The number of carbonyl (C=O) groups is 2. The summed E-state index contributed by atoms with van der Waals surface area (Å²) in [6.45, 7) is 4.88. The highest BCUT2D eigenvalue weighted by molar-refractivity contribution is 5.76. The van der Waals surface area contributed by atoms with Crippen molar-refractivity contribution in [2.45, 2.75) is 270 Å². The summed E-state index contributed by atoms with van der Waals surface area (Å²) in [5, 5.41) is 23.2. The van der Waals surface area contributed by atoms with Crippen LogP contribution < -0.4 is 5.32 Å². The number of amides is 1. The van der Waals surface area contributed by atoms with E-state index < -0.39 is 12.1 Å². The van der Waals surface area contributed by atoms with E-state index in [4.69, 9.17) is 4.74 Å². The van der Waals surface area contributed by atoms with Crippen LogP contribution in [0.5, 0.6) is 0 Å². The first-order chi connectivity index (χ1) is 26.5. The molecule has 320 valence electrons. The molecule has 0 bridgehead atoms. The molecular formula is C48H93NO5. The van der Waals surface area contributed by atoms with E-state index in [0.717, 1.165) is 77.0 Å². The molecule has 0 saturated heterocycles. The molecule has 54 heavy (non-hydrogen) atoms. The minimum Gasteiger partial charge on any atom is -0.466 e. The molecule has 0 fully saturated rings. The molecule has 0 aliphatic rings. The van der Waals surface area contributed by atoms with Crippen molar-refractivity contribution in [3.63, 3.8) is 0 Å². The molecule has 0 aromatic rings. The maximum Gasteiger partial charge on any atom is 0.305 e. The van der Waals surface area contributed by atoms with E-state index in [1.807, 2.05) is 0 Å². The van der Waals surface area contributed by atoms with Crippen LogP contribution in [0, 0.1) is 0 Å². The fourth-order valence-electron chi connectivity index (χ4n) is 7.34. The predicted molar refractivity (Wildman–Crippen MR) is 232 cm³/mol. The standard InChI is InChI=1S/C48H93NO5/c1-3-5-7-9-11-13-15-16-17-21-24-28-32-36-40-46(51)45(44-50)49-47(52)41-37-33-29-25-22-18-19-23-27-31-35-39-43-54-48(53)42-38-34-30-26-20-14-12-10-8-6-4-2/h19,23,45-46,50-51H,3-18,20-22,24-44H2,1-2H3,(H,49,52)/b23-19-. The zero-order valence-electron chi connectivity index (χ0n) is 36.2. The summed E-state index contributed by atoms with van der Waals surface area (Å²) < 4.78 is 5.42. The van der Waals surface area contributed by atoms with Crippen molar-refractivity contribution >= 4 is 11.9 Å². The summed E-state index contributed by atoms with van der Waals surface area (Å²) >= 11 is 0. The third-order valence-corrected chi connectivity index (χ3v) is 11.1. The van der Waals surface area contributed by atoms with Crippen LogP contribution in [0.3, 0.4) is 0 Å². The summed E-state index contributed by atoms with van der Waals surface area (Å²) in [7, 11) is 0. The Hall–Kier alpha value is -1.40. The van der Waals surface area contributed by atoms with Gasteiger partial charge in [-0.05, 0) is 57.8 Å². The summed E-state index contributed by atoms with van der Waals surface area (Å²) in [6.07, 6.45) is 48.8. The molecule has 6 nitrogen and oxygen atoms in total. The quantitative estimate of drug-likeness (QED) is 0.0326. The zero-order valence-corrected chi connectivity index (χ0v) is 36.2. The summed E-state index contributed by atoms with van der Waals surface area (Å²) in [5.41, 5.74) is 0. The number of aliphatic hydroxyl groups excluding tert-OH is 2. The monoisotopic (exact) mass is 764 g/mol. The predicted octanol–water partition coefficient (Wildman–Crippen LogP) is 13.8. The first kappa shape index (κ1) is 52.6. The summed E-state index contributed by atoms with van der Waals surface area (Å²) in [4.78, 5) is 24.4. The zero-order chi connectivity index (χ0) is 39.4. The van der Waals surface area contributed by atoms with Crippen LogP contribution in [0.25, 0.3) is 0 Å². The number of unbranched alkanes of at least 4 members (excludes halogenated alkanes) is 31. The van der Waals surface area contributed by atoms with Gasteiger partial charge in [0.25, 0.3) is 0 Å². The average Bonchev–Trinajstić information content (AvgIpc) is 3.17. The topological polar surface area (TPSA) is 95.9 Å². The van der Waals surface area contributed by atoms with Gasteiger partial charge in [-0.25, -0.2) is 0 Å². The van der Waals surface area contributed by atoms with Crippen LogP contribution in [-0.2, 0) is 14.3 Å². The van der Waals surface area contributed by atoms with Crippen LogP contribution in [0.15, 0.2) is 12.2 Å². The Bertz CT molecular complexity index is 802. The van der Waals surface area contributed by atoms with E-state index in [1.54, 1.807) is 0 Å². The van der Waals surface area contributed by atoms with Crippen LogP contribution in [-0.4, -0.2) is 47.4 Å². The van der Waals surface area contributed by atoms with Crippen molar-refractivity contribution in [3.05, 3.63) is 12.2 Å². The van der Waals surface area contributed by atoms with Gasteiger partial charge in [0.05, 0.1) is 25.4 Å². The molecule has 0 aliphatic heterocycles. The van der Waals surface area contributed by atoms with Gasteiger partial charge in [0.1, 0.15) is 0 Å². The highest BCUT2D eigenvalue weighted by Crippen LogP contribution is 2.16. The highest BCUT2D eigenvalue weighted by atomic mass is 16.5. The van der Waals surface area contributed by atoms with Crippen LogP contribution in [0.4, 0.5) is 0 Å². The van der Waals surface area contributed by atoms with E-state index >= 15 is 0 Å². The van der Waals surface area contributed by atoms with Gasteiger partial charge in [-0.3, -0.25) is 9.59 Å². The number of nitrogens with one attached hydrogen (secondary N) is 1. The fourth-order valence-corrected chi connectivity index (χ4v) is 7.34. The van der Waals surface area contributed by atoms with Gasteiger partial charge >= 0.3 is 5.97 Å². The van der Waals surface area contributed by atoms with Gasteiger partial charge in [-0.1, -0.05) is 199 Å². The van der Waals surface area contributed by atoms with Gasteiger partial charge in [-0.2, -0.15) is 0 Å². The smallest absolute Gasteiger partial charge is 0.305 e. The molecule has 1 amide bonds. The normalized spacial score (nSPS) is 12.7. The van der Waals surface area contributed by atoms with E-state index in [9.17, 15) is 19.8 Å². The lowest BCUT2D eigenvalue weighted by Gasteiger charge is -2.22. The molecule has 2 atom stereocenters. The Morgan fingerprint density at radius 1 is 0.500 bits per heavy atom. The molecule has 0 aromatic carbocycles. The average molecular weight is 764 g/mol. The Kier molecular flexibility index (Phi) is 43.2. The van der Waals surface area contributed by atoms with Crippen LogP contribution in [0.2, 0.25) is 0 Å². The number of allylic oxidation sites excluding steroid dienone is 2. The maximum atomic E-state index is 12.4. The number of carbonyl (C=O) groups excluding carboxylic acids is 2. The molecule has 6 heteroatoms. The van der Waals surface area contributed by atoms with E-state index in [1.165, 1.54) is 148 Å². The Balaban J connectivity index is 3.52. The second kappa shape index (κ2) is 44.3. The van der Waals surface area contributed by atoms with Gasteiger partial charge < -0.3 is 20.3 Å². The van der Waals surface area contributed by atoms with Gasteiger partial charge in [0, 0.05) is 12.8 Å². The lowest BCUT2D eigenvalue weighted by atomic mass is 10.0. The molecule has 3 N–H and O–H groups in total. The second-order valence-corrected chi connectivity index (χ2v) is 16.4. The van der Waals surface area contributed by atoms with Crippen molar-refractivity contribution in [3.8, 4) is 0 Å². The van der Waals surface area contributed by atoms with Crippen molar-refractivity contribution in [1.82, 2.24) is 5.32 Å². The van der Waals surface area contributed by atoms with E-state index in [-0.39, 0.29) is 18.5 Å². The molecule has 2 unspecified atom stereocenters. The SMILES string of the molecule is CCCCCCCCCCCCCCCCC(O)C(CO)NC(=O)CCCCCCC/C=C\CCCCCOC(=O)CCCCCCCCCCCCC. The third kappa shape index (κ3) is 40.3. The van der Waals surface area contributed by atoms with Crippen molar-refractivity contribution in [2.24, 2.45) is 0 Å². The molecule has 0 spiro atoms. The first-order valence-electron chi connectivity index (χ1n) is 23.9. The third-order valence-electron chi connectivity index (χ3n) is 11.1. The largest absolute Gasteiger partial charge is 0.466 e. The van der Waals surface area contributed by atoms with Gasteiger partial charge in [-0.15, -0.1) is 0 Å². The lowest BCUT2D eigenvalue weighted by Crippen LogP contribution is -2.45. The van der Waals surface area contributed by atoms with Crippen molar-refractivity contribution < 1.29 is 24.5 Å². The van der Waals surface area contributed by atoms with Gasteiger partial charge in [0.2, 0.25) is 5.91 Å². The second-order valence-electron chi connectivity index (χ2n) is 16.4. The molecule has 0 aliphatic carbocycles. The number of ether oxygens (including phenoxy) is 1. The molecule has 0 saturated carbocycles. The van der Waals surface area contributed by atoms with E-state index in [2.05, 4.69) is 31.3 Å². The number of aliphatic hydroxyl groups is 2. The summed E-state index contributed by atoms with van der Waals surface area (Å²) in [6, 6.07) is -0.558. The van der Waals surface area contributed by atoms with Crippen molar-refractivity contribution in [2.75, 3.05) is 13.2 Å². The Labute approximate surface area is 336 Å². The lowest BCUT2D eigenvalue weighted by molar-refractivity contribution is -0.143. The number of rotatable bonds is 44. The van der Waals surface area contributed by atoms with Crippen LogP contribution in [0.1, 0.15) is 258 Å². The molecule has 0 aromatic heterocycles. The molecule has 0 radical (unpaired) electrons. The number of esters is 1. The minimum absolute atomic E-state index is 0.0231. The van der Waals surface area contributed by atoms with E-state index in [0.29, 0.717) is 25.9 Å².